The minimum Gasteiger partial charge on any atom is -0.496 e. The molecule has 1 aliphatic heterocycles. The van der Waals surface area contributed by atoms with Gasteiger partial charge in [0.25, 0.3) is 0 Å². The van der Waals surface area contributed by atoms with Crippen LogP contribution in [0.5, 0.6) is 5.75 Å². The van der Waals surface area contributed by atoms with E-state index in [1.807, 2.05) is 18.7 Å². The van der Waals surface area contributed by atoms with E-state index in [2.05, 4.69) is 41.6 Å². The number of methoxy groups -OCH3 is 1. The smallest absolute Gasteiger partial charge is 0.124 e. The third kappa shape index (κ3) is 3.02. The molecule has 0 spiro atoms. The lowest BCUT2D eigenvalue weighted by Gasteiger charge is -2.31. The van der Waals surface area contributed by atoms with Crippen LogP contribution in [-0.2, 0) is 4.74 Å². The summed E-state index contributed by atoms with van der Waals surface area (Å²) in [4.78, 5) is 4.16. The van der Waals surface area contributed by atoms with Gasteiger partial charge >= 0.3 is 0 Å². The molecule has 2 atom stereocenters. The normalized spacial score (nSPS) is 22.0. The molecule has 1 aliphatic rings. The first-order chi connectivity index (χ1) is 10.7. The quantitative estimate of drug-likeness (QED) is 0.852. The molecule has 0 bridgehead atoms. The summed E-state index contributed by atoms with van der Waals surface area (Å²) in [5.74, 6) is 1.42. The first kappa shape index (κ1) is 15.1. The average molecular weight is 300 g/mol. The number of rotatable bonds is 4. The monoisotopic (exact) mass is 300 g/mol. The van der Waals surface area contributed by atoms with E-state index in [1.54, 1.807) is 7.11 Å². The van der Waals surface area contributed by atoms with E-state index in [0.29, 0.717) is 12.0 Å². The Morgan fingerprint density at radius 3 is 2.91 bits per heavy atom. The largest absolute Gasteiger partial charge is 0.496 e. The van der Waals surface area contributed by atoms with Gasteiger partial charge in [0.05, 0.1) is 19.5 Å². The van der Waals surface area contributed by atoms with E-state index in [-0.39, 0.29) is 6.10 Å². The van der Waals surface area contributed by atoms with Crippen molar-refractivity contribution < 1.29 is 9.47 Å². The second kappa shape index (κ2) is 6.53. The maximum absolute atomic E-state index is 6.06. The predicted octanol–water partition coefficient (Wildman–Crippen LogP) is 4.11. The standard InChI is InChI=1S/C18H24N2O2/c1-13(2)14-4-5-17(21-3)16(10-14)18-11-15(6-9-22-18)20-8-7-19-12-20/h4-5,7-8,10,12-13,15,18H,6,9,11H2,1-3H3. The van der Waals surface area contributed by atoms with E-state index < -0.39 is 0 Å². The van der Waals surface area contributed by atoms with Crippen LogP contribution in [0.15, 0.2) is 36.9 Å². The molecule has 22 heavy (non-hydrogen) atoms. The summed E-state index contributed by atoms with van der Waals surface area (Å²) < 4.78 is 13.8. The van der Waals surface area contributed by atoms with Gasteiger partial charge in [-0.15, -0.1) is 0 Å². The third-order valence-electron chi connectivity index (χ3n) is 4.47. The molecule has 2 aromatic rings. The highest BCUT2D eigenvalue weighted by atomic mass is 16.5. The zero-order chi connectivity index (χ0) is 15.5. The second-order valence-electron chi connectivity index (χ2n) is 6.20. The van der Waals surface area contributed by atoms with E-state index >= 15 is 0 Å². The summed E-state index contributed by atoms with van der Waals surface area (Å²) >= 11 is 0. The molecule has 2 unspecified atom stereocenters. The minimum absolute atomic E-state index is 0.0785. The van der Waals surface area contributed by atoms with Crippen molar-refractivity contribution in [3.8, 4) is 5.75 Å². The van der Waals surface area contributed by atoms with Crippen LogP contribution in [0.25, 0.3) is 0 Å². The van der Waals surface area contributed by atoms with Gasteiger partial charge < -0.3 is 14.0 Å². The van der Waals surface area contributed by atoms with Crippen LogP contribution in [0.2, 0.25) is 0 Å². The molecule has 0 N–H and O–H groups in total. The highest BCUT2D eigenvalue weighted by molar-refractivity contribution is 5.40. The van der Waals surface area contributed by atoms with Crippen LogP contribution in [0.4, 0.5) is 0 Å². The first-order valence-electron chi connectivity index (χ1n) is 7.96. The van der Waals surface area contributed by atoms with Crippen molar-refractivity contribution in [1.29, 1.82) is 0 Å². The van der Waals surface area contributed by atoms with Crippen LogP contribution in [-0.4, -0.2) is 23.3 Å². The van der Waals surface area contributed by atoms with Crippen LogP contribution < -0.4 is 4.74 Å². The Morgan fingerprint density at radius 2 is 2.23 bits per heavy atom. The van der Waals surface area contributed by atoms with Crippen LogP contribution >= 0.6 is 0 Å². The van der Waals surface area contributed by atoms with E-state index in [9.17, 15) is 0 Å². The maximum atomic E-state index is 6.06. The topological polar surface area (TPSA) is 36.3 Å². The molecule has 3 rings (SSSR count). The van der Waals surface area contributed by atoms with Crippen LogP contribution in [0.1, 0.15) is 55.9 Å². The van der Waals surface area contributed by atoms with Gasteiger partial charge in [-0.1, -0.05) is 19.9 Å². The molecule has 1 fully saturated rings. The summed E-state index contributed by atoms with van der Waals surface area (Å²) in [5.41, 5.74) is 2.49. The van der Waals surface area contributed by atoms with Gasteiger partial charge in [0, 0.05) is 30.6 Å². The number of ether oxygens (including phenoxy) is 2. The molecular formula is C18H24N2O2. The zero-order valence-corrected chi connectivity index (χ0v) is 13.5. The number of hydrogen-bond donors (Lipinski definition) is 0. The number of hydrogen-bond acceptors (Lipinski definition) is 3. The SMILES string of the molecule is COc1ccc(C(C)C)cc1C1CC(n2ccnc2)CCO1. The van der Waals surface area contributed by atoms with Gasteiger partial charge in [0.15, 0.2) is 0 Å². The third-order valence-corrected chi connectivity index (χ3v) is 4.47. The summed E-state index contributed by atoms with van der Waals surface area (Å²) in [6.45, 7) is 5.19. The average Bonchev–Trinajstić information content (AvgIpc) is 3.09. The Hall–Kier alpha value is -1.81. The van der Waals surface area contributed by atoms with Gasteiger partial charge in [-0.3, -0.25) is 0 Å². The maximum Gasteiger partial charge on any atom is 0.124 e. The van der Waals surface area contributed by atoms with Crippen LogP contribution in [0.3, 0.4) is 0 Å². The summed E-state index contributed by atoms with van der Waals surface area (Å²) in [5, 5.41) is 0. The highest BCUT2D eigenvalue weighted by Crippen LogP contribution is 2.39. The van der Waals surface area contributed by atoms with Crippen molar-refractivity contribution in [3.05, 3.63) is 48.0 Å². The van der Waals surface area contributed by atoms with E-state index in [4.69, 9.17) is 9.47 Å². The molecule has 0 amide bonds. The molecular weight excluding hydrogens is 276 g/mol. The highest BCUT2D eigenvalue weighted by Gasteiger charge is 2.27. The minimum atomic E-state index is 0.0785. The van der Waals surface area contributed by atoms with E-state index in [1.165, 1.54) is 11.1 Å². The van der Waals surface area contributed by atoms with Crippen molar-refractivity contribution in [1.82, 2.24) is 9.55 Å². The summed E-state index contributed by atoms with van der Waals surface area (Å²) in [7, 11) is 1.73. The molecule has 4 nitrogen and oxygen atoms in total. The molecule has 2 heterocycles. The predicted molar refractivity (Wildman–Crippen MR) is 86.3 cm³/mol. The van der Waals surface area contributed by atoms with Crippen molar-refractivity contribution in [3.63, 3.8) is 0 Å². The number of aromatic nitrogens is 2. The van der Waals surface area contributed by atoms with Gasteiger partial charge in [0.1, 0.15) is 5.75 Å². The van der Waals surface area contributed by atoms with Crippen molar-refractivity contribution in [2.24, 2.45) is 0 Å². The molecule has 1 saturated heterocycles. The Bertz CT molecular complexity index is 608. The number of imidazole rings is 1. The molecule has 118 valence electrons. The molecule has 4 heteroatoms. The molecule has 0 aliphatic carbocycles. The van der Waals surface area contributed by atoms with E-state index in [0.717, 1.165) is 25.2 Å². The lowest BCUT2D eigenvalue weighted by atomic mass is 9.93. The van der Waals surface area contributed by atoms with Gasteiger partial charge in [-0.2, -0.15) is 0 Å². The van der Waals surface area contributed by atoms with Crippen LogP contribution in [0, 0.1) is 0 Å². The Morgan fingerprint density at radius 1 is 1.36 bits per heavy atom. The van der Waals surface area contributed by atoms with Gasteiger partial charge in [-0.05, 0) is 36.5 Å². The fourth-order valence-corrected chi connectivity index (χ4v) is 3.12. The lowest BCUT2D eigenvalue weighted by Crippen LogP contribution is -2.22. The Balaban J connectivity index is 1.87. The zero-order valence-electron chi connectivity index (χ0n) is 13.5. The molecule has 1 aromatic carbocycles. The molecule has 0 saturated carbocycles. The van der Waals surface area contributed by atoms with Crippen molar-refractivity contribution >= 4 is 0 Å². The molecule has 0 radical (unpaired) electrons. The van der Waals surface area contributed by atoms with Gasteiger partial charge in [0.2, 0.25) is 0 Å². The summed E-state index contributed by atoms with van der Waals surface area (Å²) in [6.07, 6.45) is 7.83. The van der Waals surface area contributed by atoms with Crippen molar-refractivity contribution in [2.75, 3.05) is 13.7 Å². The molecule has 1 aromatic heterocycles. The Kier molecular flexibility index (Phi) is 4.48. The fourth-order valence-electron chi connectivity index (χ4n) is 3.12. The van der Waals surface area contributed by atoms with Gasteiger partial charge in [-0.25, -0.2) is 4.98 Å². The lowest BCUT2D eigenvalue weighted by molar-refractivity contribution is -0.00823. The summed E-state index contributed by atoms with van der Waals surface area (Å²) in [6, 6.07) is 6.89. The van der Waals surface area contributed by atoms with Crippen molar-refractivity contribution in [2.45, 2.75) is 44.8 Å². The second-order valence-corrected chi connectivity index (χ2v) is 6.20. The number of benzene rings is 1. The fraction of sp³-hybridized carbons (Fsp3) is 0.500. The number of nitrogens with zero attached hydrogens (tertiary/aromatic N) is 2. The first-order valence-corrected chi connectivity index (χ1v) is 7.96. The Labute approximate surface area is 132 Å².